The Morgan fingerprint density at radius 1 is 1.39 bits per heavy atom. The molecule has 0 radical (unpaired) electrons. The minimum absolute atomic E-state index is 0.0333. The molecule has 1 aromatic rings. The lowest BCUT2D eigenvalue weighted by atomic mass is 10.1. The van der Waals surface area contributed by atoms with Crippen molar-refractivity contribution in [1.29, 1.82) is 5.26 Å². The van der Waals surface area contributed by atoms with E-state index in [0.717, 1.165) is 4.90 Å². The molecule has 0 aromatic heterocycles. The van der Waals surface area contributed by atoms with Gasteiger partial charge in [-0.05, 0) is 6.92 Å². The van der Waals surface area contributed by atoms with Gasteiger partial charge in [-0.2, -0.15) is 5.26 Å². The molecule has 0 N–H and O–H groups in total. The van der Waals surface area contributed by atoms with Crippen LogP contribution >= 0.6 is 0 Å². The first-order valence-electron chi connectivity index (χ1n) is 5.16. The monoisotopic (exact) mass is 256 g/mol. The van der Waals surface area contributed by atoms with Gasteiger partial charge < -0.3 is 4.90 Å². The number of carbonyl (C=O) groups is 1. The summed E-state index contributed by atoms with van der Waals surface area (Å²) in [5, 5.41) is 8.60. The Morgan fingerprint density at radius 2 is 1.89 bits per heavy atom. The zero-order valence-electron chi connectivity index (χ0n) is 9.88. The van der Waals surface area contributed by atoms with E-state index in [2.05, 4.69) is 0 Å². The molecule has 0 spiro atoms. The standard InChI is InChI=1S/C12H11F3N2O/c1-7(5-16)6-17(2)12(18)11-9(14)3-8(13)4-10(11)15/h3-4,7H,6H2,1-2H3. The Hall–Kier alpha value is -2.03. The first-order chi connectivity index (χ1) is 8.36. The Balaban J connectivity index is 3.01. The zero-order valence-corrected chi connectivity index (χ0v) is 9.88. The molecule has 0 heterocycles. The highest BCUT2D eigenvalue weighted by Gasteiger charge is 2.22. The first-order valence-corrected chi connectivity index (χ1v) is 5.16. The smallest absolute Gasteiger partial charge is 0.259 e. The Labute approximate surface area is 102 Å². The third-order valence-corrected chi connectivity index (χ3v) is 2.34. The number of rotatable bonds is 3. The first kappa shape index (κ1) is 14.0. The van der Waals surface area contributed by atoms with Crippen molar-refractivity contribution in [3.8, 4) is 6.07 Å². The topological polar surface area (TPSA) is 44.1 Å². The lowest BCUT2D eigenvalue weighted by Crippen LogP contribution is -2.32. The van der Waals surface area contributed by atoms with E-state index in [1.165, 1.54) is 7.05 Å². The highest BCUT2D eigenvalue weighted by Crippen LogP contribution is 2.16. The molecule has 6 heteroatoms. The van der Waals surface area contributed by atoms with Crippen molar-refractivity contribution in [3.05, 3.63) is 35.1 Å². The largest absolute Gasteiger partial charge is 0.340 e. The number of hydrogen-bond donors (Lipinski definition) is 0. The van der Waals surface area contributed by atoms with Crippen molar-refractivity contribution in [2.24, 2.45) is 5.92 Å². The van der Waals surface area contributed by atoms with Gasteiger partial charge in [-0.25, -0.2) is 13.2 Å². The van der Waals surface area contributed by atoms with Crippen molar-refractivity contribution in [2.45, 2.75) is 6.92 Å². The van der Waals surface area contributed by atoms with Crippen LogP contribution in [0, 0.1) is 34.7 Å². The van der Waals surface area contributed by atoms with Crippen molar-refractivity contribution in [2.75, 3.05) is 13.6 Å². The maximum Gasteiger partial charge on any atom is 0.259 e. The van der Waals surface area contributed by atoms with Crippen LogP contribution in [-0.4, -0.2) is 24.4 Å². The lowest BCUT2D eigenvalue weighted by Gasteiger charge is -2.18. The van der Waals surface area contributed by atoms with Gasteiger partial charge in [-0.15, -0.1) is 0 Å². The van der Waals surface area contributed by atoms with Crippen LogP contribution in [-0.2, 0) is 0 Å². The molecular weight excluding hydrogens is 245 g/mol. The average Bonchev–Trinajstić information content (AvgIpc) is 2.27. The minimum atomic E-state index is -1.26. The normalized spacial score (nSPS) is 11.8. The molecule has 0 saturated carbocycles. The molecular formula is C12H11F3N2O. The summed E-state index contributed by atoms with van der Waals surface area (Å²) in [5.74, 6) is -4.99. The fourth-order valence-electron chi connectivity index (χ4n) is 1.47. The fourth-order valence-corrected chi connectivity index (χ4v) is 1.47. The average molecular weight is 256 g/mol. The van der Waals surface area contributed by atoms with Gasteiger partial charge in [0.05, 0.1) is 12.0 Å². The van der Waals surface area contributed by atoms with E-state index in [1.54, 1.807) is 6.92 Å². The number of hydrogen-bond acceptors (Lipinski definition) is 2. The second-order valence-corrected chi connectivity index (χ2v) is 3.96. The molecule has 3 nitrogen and oxygen atoms in total. The highest BCUT2D eigenvalue weighted by molar-refractivity contribution is 5.94. The van der Waals surface area contributed by atoms with Gasteiger partial charge in [-0.3, -0.25) is 4.79 Å². The van der Waals surface area contributed by atoms with Crippen LogP contribution in [0.25, 0.3) is 0 Å². The highest BCUT2D eigenvalue weighted by atomic mass is 19.1. The Morgan fingerprint density at radius 3 is 2.33 bits per heavy atom. The molecule has 1 atom stereocenters. The summed E-state index contributed by atoms with van der Waals surface area (Å²) in [6.45, 7) is 1.60. The number of benzene rings is 1. The van der Waals surface area contributed by atoms with Crippen LogP contribution in [0.1, 0.15) is 17.3 Å². The molecule has 1 rings (SSSR count). The molecule has 0 fully saturated rings. The van der Waals surface area contributed by atoms with E-state index in [-0.39, 0.29) is 6.54 Å². The SMILES string of the molecule is CC(C#N)CN(C)C(=O)c1c(F)cc(F)cc1F. The van der Waals surface area contributed by atoms with E-state index in [9.17, 15) is 18.0 Å². The summed E-state index contributed by atoms with van der Waals surface area (Å²) >= 11 is 0. The van der Waals surface area contributed by atoms with E-state index < -0.39 is 34.8 Å². The van der Waals surface area contributed by atoms with Crippen molar-refractivity contribution in [3.63, 3.8) is 0 Å². The van der Waals surface area contributed by atoms with Crippen LogP contribution in [0.4, 0.5) is 13.2 Å². The summed E-state index contributed by atoms with van der Waals surface area (Å²) in [5.41, 5.74) is -0.816. The molecule has 0 aliphatic heterocycles. The third kappa shape index (κ3) is 3.00. The van der Waals surface area contributed by atoms with Gasteiger partial charge in [0, 0.05) is 25.7 Å². The van der Waals surface area contributed by atoms with E-state index in [4.69, 9.17) is 5.26 Å². The van der Waals surface area contributed by atoms with Gasteiger partial charge in [-0.1, -0.05) is 0 Å². The minimum Gasteiger partial charge on any atom is -0.340 e. The Kier molecular flexibility index (Phi) is 4.32. The number of carbonyl (C=O) groups excluding carboxylic acids is 1. The van der Waals surface area contributed by atoms with E-state index in [1.807, 2.05) is 6.07 Å². The van der Waals surface area contributed by atoms with E-state index in [0.29, 0.717) is 12.1 Å². The molecule has 1 amide bonds. The van der Waals surface area contributed by atoms with Crippen LogP contribution in [0.3, 0.4) is 0 Å². The number of halogens is 3. The van der Waals surface area contributed by atoms with E-state index >= 15 is 0 Å². The van der Waals surface area contributed by atoms with Gasteiger partial charge in [0.2, 0.25) is 0 Å². The molecule has 0 bridgehead atoms. The number of nitrogens with zero attached hydrogens (tertiary/aromatic N) is 2. The fraction of sp³-hybridized carbons (Fsp3) is 0.333. The molecule has 0 aliphatic rings. The van der Waals surface area contributed by atoms with Crippen LogP contribution in [0.5, 0.6) is 0 Å². The molecule has 96 valence electrons. The zero-order chi connectivity index (χ0) is 13.9. The van der Waals surface area contributed by atoms with Crippen LogP contribution in [0.15, 0.2) is 12.1 Å². The Bertz CT molecular complexity index is 488. The van der Waals surface area contributed by atoms with Crippen molar-refractivity contribution in [1.82, 2.24) is 4.90 Å². The number of nitriles is 1. The number of amides is 1. The summed E-state index contributed by atoms with van der Waals surface area (Å²) in [4.78, 5) is 12.8. The second-order valence-electron chi connectivity index (χ2n) is 3.96. The summed E-state index contributed by atoms with van der Waals surface area (Å²) in [7, 11) is 1.32. The molecule has 18 heavy (non-hydrogen) atoms. The van der Waals surface area contributed by atoms with Crippen molar-refractivity contribution < 1.29 is 18.0 Å². The van der Waals surface area contributed by atoms with Crippen LogP contribution < -0.4 is 0 Å². The predicted molar refractivity (Wildman–Crippen MR) is 58.1 cm³/mol. The van der Waals surface area contributed by atoms with Gasteiger partial charge in [0.1, 0.15) is 23.0 Å². The lowest BCUT2D eigenvalue weighted by molar-refractivity contribution is 0.0775. The van der Waals surface area contributed by atoms with Gasteiger partial charge in [0.25, 0.3) is 5.91 Å². The van der Waals surface area contributed by atoms with Crippen molar-refractivity contribution >= 4 is 5.91 Å². The van der Waals surface area contributed by atoms with Gasteiger partial charge in [0.15, 0.2) is 0 Å². The second kappa shape index (κ2) is 5.54. The quantitative estimate of drug-likeness (QED) is 0.833. The molecule has 1 unspecified atom stereocenters. The molecule has 0 saturated heterocycles. The third-order valence-electron chi connectivity index (χ3n) is 2.34. The summed E-state index contributed by atoms with van der Waals surface area (Å²) in [6, 6.07) is 2.78. The summed E-state index contributed by atoms with van der Waals surface area (Å²) < 4.78 is 39.4. The van der Waals surface area contributed by atoms with Gasteiger partial charge >= 0.3 is 0 Å². The molecule has 0 aliphatic carbocycles. The molecule has 1 aromatic carbocycles. The maximum atomic E-state index is 13.3. The predicted octanol–water partition coefficient (Wildman–Crippen LogP) is 2.34. The summed E-state index contributed by atoms with van der Waals surface area (Å²) in [6.07, 6.45) is 0. The van der Waals surface area contributed by atoms with Crippen LogP contribution in [0.2, 0.25) is 0 Å². The maximum absolute atomic E-state index is 13.3.